The summed E-state index contributed by atoms with van der Waals surface area (Å²) in [5, 5.41) is 3.44. The van der Waals surface area contributed by atoms with Crippen LogP contribution in [-0.2, 0) is 4.79 Å². The standard InChI is InChI=1S/C16H23BrN2O2/c1-21-12-8-9-14(17)13(10-12)15(16(18)20)19-11-6-4-2-3-5-7-11/h8-11,15,19H,2-7H2,1H3,(H2,18,20). The second kappa shape index (κ2) is 7.80. The average Bonchev–Trinajstić information content (AvgIpc) is 2.74. The molecule has 1 unspecified atom stereocenters. The van der Waals surface area contributed by atoms with Crippen molar-refractivity contribution >= 4 is 21.8 Å². The van der Waals surface area contributed by atoms with Crippen molar-refractivity contribution in [3.05, 3.63) is 28.2 Å². The zero-order valence-corrected chi connectivity index (χ0v) is 14.0. The van der Waals surface area contributed by atoms with Crippen molar-refractivity contribution in [2.45, 2.75) is 50.6 Å². The van der Waals surface area contributed by atoms with Crippen molar-refractivity contribution in [2.75, 3.05) is 7.11 Å². The first-order valence-electron chi connectivity index (χ1n) is 7.50. The van der Waals surface area contributed by atoms with Crippen molar-refractivity contribution in [3.8, 4) is 5.75 Å². The summed E-state index contributed by atoms with van der Waals surface area (Å²) in [6.45, 7) is 0. The molecule has 2 rings (SSSR count). The third-order valence-electron chi connectivity index (χ3n) is 4.06. The van der Waals surface area contributed by atoms with Gasteiger partial charge >= 0.3 is 0 Å². The Morgan fingerprint density at radius 3 is 2.57 bits per heavy atom. The molecule has 1 saturated carbocycles. The van der Waals surface area contributed by atoms with Crippen LogP contribution < -0.4 is 15.8 Å². The summed E-state index contributed by atoms with van der Waals surface area (Å²) >= 11 is 3.51. The first kappa shape index (κ1) is 16.3. The molecule has 21 heavy (non-hydrogen) atoms. The molecule has 4 nitrogen and oxygen atoms in total. The lowest BCUT2D eigenvalue weighted by atomic mass is 10.0. The first-order valence-corrected chi connectivity index (χ1v) is 8.30. The van der Waals surface area contributed by atoms with Gasteiger partial charge in [-0.1, -0.05) is 41.6 Å². The second-order valence-corrected chi connectivity index (χ2v) is 6.43. The zero-order chi connectivity index (χ0) is 15.2. The van der Waals surface area contributed by atoms with Gasteiger partial charge in [-0.05, 0) is 36.6 Å². The van der Waals surface area contributed by atoms with Gasteiger partial charge < -0.3 is 10.5 Å². The molecule has 0 radical (unpaired) electrons. The van der Waals surface area contributed by atoms with Gasteiger partial charge in [0.15, 0.2) is 0 Å². The lowest BCUT2D eigenvalue weighted by Crippen LogP contribution is -2.40. The Balaban J connectivity index is 2.20. The van der Waals surface area contributed by atoms with E-state index in [0.29, 0.717) is 6.04 Å². The minimum atomic E-state index is -0.488. The molecule has 1 aromatic carbocycles. The topological polar surface area (TPSA) is 64.3 Å². The van der Waals surface area contributed by atoms with E-state index >= 15 is 0 Å². The molecule has 1 aliphatic carbocycles. The van der Waals surface area contributed by atoms with E-state index in [1.807, 2.05) is 18.2 Å². The molecule has 0 heterocycles. The minimum absolute atomic E-state index is 0.350. The van der Waals surface area contributed by atoms with E-state index in [2.05, 4.69) is 21.2 Å². The third kappa shape index (κ3) is 4.45. The number of hydrogen-bond donors (Lipinski definition) is 2. The van der Waals surface area contributed by atoms with Gasteiger partial charge in [0, 0.05) is 10.5 Å². The first-order chi connectivity index (χ1) is 10.1. The average molecular weight is 355 g/mol. The van der Waals surface area contributed by atoms with Gasteiger partial charge in [-0.15, -0.1) is 0 Å². The zero-order valence-electron chi connectivity index (χ0n) is 12.4. The normalized spacial score (nSPS) is 18.0. The Morgan fingerprint density at radius 1 is 1.33 bits per heavy atom. The Bertz CT molecular complexity index is 485. The fourth-order valence-electron chi connectivity index (χ4n) is 2.88. The summed E-state index contributed by atoms with van der Waals surface area (Å²) in [6.07, 6.45) is 7.19. The molecule has 5 heteroatoms. The number of nitrogens with two attached hydrogens (primary N) is 1. The number of amides is 1. The van der Waals surface area contributed by atoms with Crippen LogP contribution in [0.15, 0.2) is 22.7 Å². The summed E-state index contributed by atoms with van der Waals surface area (Å²) < 4.78 is 6.12. The van der Waals surface area contributed by atoms with E-state index < -0.39 is 6.04 Å². The molecule has 0 bridgehead atoms. The highest BCUT2D eigenvalue weighted by molar-refractivity contribution is 9.10. The van der Waals surface area contributed by atoms with E-state index in [4.69, 9.17) is 10.5 Å². The summed E-state index contributed by atoms with van der Waals surface area (Å²) in [6, 6.07) is 5.47. The van der Waals surface area contributed by atoms with Crippen LogP contribution in [0.3, 0.4) is 0 Å². The largest absolute Gasteiger partial charge is 0.497 e. The molecule has 0 spiro atoms. The predicted octanol–water partition coefficient (Wildman–Crippen LogP) is 3.30. The van der Waals surface area contributed by atoms with E-state index in [0.717, 1.165) is 28.6 Å². The number of benzene rings is 1. The number of nitrogens with one attached hydrogen (secondary N) is 1. The lowest BCUT2D eigenvalue weighted by Gasteiger charge is -2.24. The van der Waals surface area contributed by atoms with Crippen LogP contribution in [0, 0.1) is 0 Å². The van der Waals surface area contributed by atoms with Crippen molar-refractivity contribution < 1.29 is 9.53 Å². The molecule has 3 N–H and O–H groups in total. The van der Waals surface area contributed by atoms with Crippen LogP contribution in [0.1, 0.15) is 50.1 Å². The number of halogens is 1. The monoisotopic (exact) mass is 354 g/mol. The quantitative estimate of drug-likeness (QED) is 0.797. The molecule has 116 valence electrons. The predicted molar refractivity (Wildman–Crippen MR) is 87.3 cm³/mol. The highest BCUT2D eigenvalue weighted by Gasteiger charge is 2.24. The SMILES string of the molecule is COc1ccc(Br)c(C(NC2CCCCCC2)C(N)=O)c1. The number of primary amides is 1. The highest BCUT2D eigenvalue weighted by atomic mass is 79.9. The smallest absolute Gasteiger partial charge is 0.239 e. The molecule has 1 aliphatic rings. The number of ether oxygens (including phenoxy) is 1. The van der Waals surface area contributed by atoms with E-state index in [1.165, 1.54) is 25.7 Å². The second-order valence-electron chi connectivity index (χ2n) is 5.58. The molecule has 1 aromatic rings. The van der Waals surface area contributed by atoms with Crippen LogP contribution in [0.2, 0.25) is 0 Å². The number of hydrogen-bond acceptors (Lipinski definition) is 3. The molecule has 1 atom stereocenters. The van der Waals surface area contributed by atoms with Gasteiger partial charge in [-0.2, -0.15) is 0 Å². The molecular formula is C16H23BrN2O2. The van der Waals surface area contributed by atoms with Crippen LogP contribution in [0.5, 0.6) is 5.75 Å². The molecule has 0 saturated heterocycles. The number of methoxy groups -OCH3 is 1. The molecule has 1 amide bonds. The van der Waals surface area contributed by atoms with E-state index in [-0.39, 0.29) is 5.91 Å². The summed E-state index contributed by atoms with van der Waals surface area (Å²) in [4.78, 5) is 11.9. The number of carbonyl (C=O) groups excluding carboxylic acids is 1. The fraction of sp³-hybridized carbons (Fsp3) is 0.562. The van der Waals surface area contributed by atoms with Crippen molar-refractivity contribution in [3.63, 3.8) is 0 Å². The van der Waals surface area contributed by atoms with Crippen molar-refractivity contribution in [1.82, 2.24) is 5.32 Å². The summed E-state index contributed by atoms with van der Waals surface area (Å²) in [7, 11) is 1.62. The Hall–Kier alpha value is -1.07. The van der Waals surface area contributed by atoms with Crippen molar-refractivity contribution in [2.24, 2.45) is 5.73 Å². The van der Waals surface area contributed by atoms with Gasteiger partial charge in [0.05, 0.1) is 7.11 Å². The number of carbonyl (C=O) groups is 1. The Morgan fingerprint density at radius 2 is 2.00 bits per heavy atom. The molecule has 1 fully saturated rings. The van der Waals surface area contributed by atoms with Gasteiger partial charge in [0.2, 0.25) is 5.91 Å². The van der Waals surface area contributed by atoms with Crippen LogP contribution in [-0.4, -0.2) is 19.1 Å². The molecule has 0 aromatic heterocycles. The van der Waals surface area contributed by atoms with Crippen LogP contribution in [0.4, 0.5) is 0 Å². The maximum absolute atomic E-state index is 11.9. The number of rotatable bonds is 5. The molecular weight excluding hydrogens is 332 g/mol. The Labute approximate surface area is 134 Å². The highest BCUT2D eigenvalue weighted by Crippen LogP contribution is 2.29. The van der Waals surface area contributed by atoms with Gasteiger partial charge in [0.25, 0.3) is 0 Å². The van der Waals surface area contributed by atoms with Gasteiger partial charge in [-0.3, -0.25) is 10.1 Å². The fourth-order valence-corrected chi connectivity index (χ4v) is 3.35. The van der Waals surface area contributed by atoms with E-state index in [1.54, 1.807) is 7.11 Å². The van der Waals surface area contributed by atoms with Crippen LogP contribution in [0.25, 0.3) is 0 Å². The van der Waals surface area contributed by atoms with Gasteiger partial charge in [-0.25, -0.2) is 0 Å². The minimum Gasteiger partial charge on any atom is -0.497 e. The molecule has 0 aliphatic heterocycles. The van der Waals surface area contributed by atoms with Crippen molar-refractivity contribution in [1.29, 1.82) is 0 Å². The Kier molecular flexibility index (Phi) is 6.06. The van der Waals surface area contributed by atoms with E-state index in [9.17, 15) is 4.79 Å². The maximum atomic E-state index is 11.9. The summed E-state index contributed by atoms with van der Waals surface area (Å²) in [5.41, 5.74) is 6.46. The van der Waals surface area contributed by atoms with Crippen LogP contribution >= 0.6 is 15.9 Å². The third-order valence-corrected chi connectivity index (χ3v) is 4.78. The van der Waals surface area contributed by atoms with Gasteiger partial charge in [0.1, 0.15) is 11.8 Å². The maximum Gasteiger partial charge on any atom is 0.239 e. The lowest BCUT2D eigenvalue weighted by molar-refractivity contribution is -0.120. The summed E-state index contributed by atoms with van der Waals surface area (Å²) in [5.74, 6) is 0.371.